The summed E-state index contributed by atoms with van der Waals surface area (Å²) in [5.74, 6) is -1.15. The van der Waals surface area contributed by atoms with Crippen LogP contribution >= 0.6 is 0 Å². The molecule has 0 radical (unpaired) electrons. The molecule has 0 fully saturated rings. The second kappa shape index (κ2) is 10.2. The summed E-state index contributed by atoms with van der Waals surface area (Å²) in [6.45, 7) is 1.96. The van der Waals surface area contributed by atoms with Crippen molar-refractivity contribution in [3.63, 3.8) is 0 Å². The fourth-order valence-corrected chi connectivity index (χ4v) is 3.08. The molecule has 33 heavy (non-hydrogen) atoms. The van der Waals surface area contributed by atoms with Crippen LogP contribution in [0.1, 0.15) is 27.6 Å². The summed E-state index contributed by atoms with van der Waals surface area (Å²) in [7, 11) is 2.80. The van der Waals surface area contributed by atoms with Crippen molar-refractivity contribution in [2.45, 2.75) is 6.92 Å². The lowest BCUT2D eigenvalue weighted by atomic mass is 10.1. The van der Waals surface area contributed by atoms with Gasteiger partial charge in [0.2, 0.25) is 11.6 Å². The smallest absolute Gasteiger partial charge is 0.354 e. The summed E-state index contributed by atoms with van der Waals surface area (Å²) in [4.78, 5) is 44.8. The third-order valence-electron chi connectivity index (χ3n) is 4.63. The zero-order chi connectivity index (χ0) is 24.0. The maximum atomic E-state index is 12.2. The molecule has 11 heteroatoms. The predicted octanol–water partition coefficient (Wildman–Crippen LogP) is 3.86. The number of methoxy groups -OCH3 is 1. The molecular formula is C22H21N5O6. The molecule has 170 valence electrons. The Hall–Kier alpha value is -4.54. The van der Waals surface area contributed by atoms with Crippen molar-refractivity contribution < 1.29 is 24.0 Å². The van der Waals surface area contributed by atoms with Gasteiger partial charge in [0.15, 0.2) is 0 Å². The van der Waals surface area contributed by atoms with E-state index in [4.69, 9.17) is 9.47 Å². The molecule has 1 N–H and O–H groups in total. The molecule has 1 heterocycles. The number of hydrogen-bond acceptors (Lipinski definition) is 10. The second-order valence-corrected chi connectivity index (χ2v) is 6.64. The van der Waals surface area contributed by atoms with Crippen molar-refractivity contribution in [3.8, 4) is 0 Å². The molecule has 0 aliphatic rings. The number of carbonyl (C=O) groups is 2. The predicted molar refractivity (Wildman–Crippen MR) is 120 cm³/mol. The topological polar surface area (TPSA) is 137 Å². The lowest BCUT2D eigenvalue weighted by Gasteiger charge is -2.21. The van der Waals surface area contributed by atoms with Gasteiger partial charge in [-0.25, -0.2) is 19.6 Å². The Kier molecular flexibility index (Phi) is 7.13. The second-order valence-electron chi connectivity index (χ2n) is 6.64. The molecule has 0 spiro atoms. The average Bonchev–Trinajstić information content (AvgIpc) is 2.83. The average molecular weight is 451 g/mol. The van der Waals surface area contributed by atoms with Gasteiger partial charge in [-0.05, 0) is 43.3 Å². The normalized spacial score (nSPS) is 10.3. The van der Waals surface area contributed by atoms with E-state index >= 15 is 0 Å². The Labute approximate surface area is 189 Å². The Morgan fingerprint density at radius 1 is 1.09 bits per heavy atom. The van der Waals surface area contributed by atoms with Crippen molar-refractivity contribution in [1.29, 1.82) is 0 Å². The van der Waals surface area contributed by atoms with Crippen molar-refractivity contribution in [1.82, 2.24) is 9.97 Å². The number of para-hydroxylation sites is 1. The van der Waals surface area contributed by atoms with E-state index in [2.05, 4.69) is 15.3 Å². The van der Waals surface area contributed by atoms with Crippen molar-refractivity contribution in [2.24, 2.45) is 0 Å². The van der Waals surface area contributed by atoms with E-state index in [-0.39, 0.29) is 23.8 Å². The number of ether oxygens (including phenoxy) is 2. The number of nitrogens with zero attached hydrogens (tertiary/aromatic N) is 4. The molecule has 0 bridgehead atoms. The monoisotopic (exact) mass is 451 g/mol. The summed E-state index contributed by atoms with van der Waals surface area (Å²) >= 11 is 0. The minimum Gasteiger partial charge on any atom is -0.465 e. The van der Waals surface area contributed by atoms with E-state index in [1.54, 1.807) is 50.4 Å². The van der Waals surface area contributed by atoms with Crippen LogP contribution in [-0.2, 0) is 9.47 Å². The van der Waals surface area contributed by atoms with E-state index in [0.29, 0.717) is 16.9 Å². The highest BCUT2D eigenvalue weighted by Crippen LogP contribution is 2.37. The van der Waals surface area contributed by atoms with Crippen LogP contribution in [0.2, 0.25) is 0 Å². The zero-order valence-electron chi connectivity index (χ0n) is 18.1. The van der Waals surface area contributed by atoms with Gasteiger partial charge in [0.25, 0.3) is 0 Å². The lowest BCUT2D eigenvalue weighted by molar-refractivity contribution is -0.383. The Morgan fingerprint density at radius 3 is 2.42 bits per heavy atom. The first-order chi connectivity index (χ1) is 15.9. The highest BCUT2D eigenvalue weighted by Gasteiger charge is 2.28. The van der Waals surface area contributed by atoms with Gasteiger partial charge in [0.1, 0.15) is 6.33 Å². The number of carbonyl (C=O) groups excluding carboxylic acids is 2. The summed E-state index contributed by atoms with van der Waals surface area (Å²) in [5.41, 5.74) is 1.01. The van der Waals surface area contributed by atoms with Crippen LogP contribution in [0.15, 0.2) is 54.9 Å². The quantitative estimate of drug-likeness (QED) is 0.305. The summed E-state index contributed by atoms with van der Waals surface area (Å²) < 4.78 is 9.76. The molecule has 3 aromatic rings. The first-order valence-corrected chi connectivity index (χ1v) is 9.82. The van der Waals surface area contributed by atoms with Gasteiger partial charge in [0.05, 0.1) is 35.5 Å². The maximum absolute atomic E-state index is 12.2. The van der Waals surface area contributed by atoms with Gasteiger partial charge >= 0.3 is 17.6 Å². The molecule has 11 nitrogen and oxygen atoms in total. The largest absolute Gasteiger partial charge is 0.465 e. The highest BCUT2D eigenvalue weighted by molar-refractivity contribution is 5.97. The standard InChI is InChI=1S/C22H21N5O6/c1-4-33-21(28)14-9-11-15(12-10-14)25-19-18(27(30)31)20(24-13-23-19)26(2)17-8-6-5-7-16(17)22(29)32-3/h5-13H,4H2,1-3H3,(H,23,24,25). The molecule has 0 aliphatic heterocycles. The van der Waals surface area contributed by atoms with E-state index in [1.165, 1.54) is 30.5 Å². The van der Waals surface area contributed by atoms with Crippen LogP contribution in [0.5, 0.6) is 0 Å². The number of nitro groups is 1. The molecule has 3 rings (SSSR count). The van der Waals surface area contributed by atoms with Crippen LogP contribution in [0.4, 0.5) is 28.7 Å². The van der Waals surface area contributed by atoms with Crippen LogP contribution in [-0.4, -0.2) is 47.6 Å². The molecular weight excluding hydrogens is 430 g/mol. The third kappa shape index (κ3) is 5.03. The molecule has 0 unspecified atom stereocenters. The fraction of sp³-hybridized carbons (Fsp3) is 0.182. The highest BCUT2D eigenvalue weighted by atomic mass is 16.6. The van der Waals surface area contributed by atoms with E-state index in [0.717, 1.165) is 0 Å². The molecule has 0 amide bonds. The summed E-state index contributed by atoms with van der Waals surface area (Å²) in [6, 6.07) is 12.7. The molecule has 0 saturated carbocycles. The van der Waals surface area contributed by atoms with E-state index < -0.39 is 22.5 Å². The van der Waals surface area contributed by atoms with Crippen LogP contribution in [0.25, 0.3) is 0 Å². The Morgan fingerprint density at radius 2 is 1.79 bits per heavy atom. The number of benzene rings is 2. The molecule has 2 aromatic carbocycles. The van der Waals surface area contributed by atoms with Gasteiger partial charge in [-0.15, -0.1) is 0 Å². The number of esters is 2. The Balaban J connectivity index is 1.98. The number of nitrogens with one attached hydrogen (secondary N) is 1. The number of rotatable bonds is 8. The molecule has 1 aromatic heterocycles. The van der Waals surface area contributed by atoms with Crippen LogP contribution in [0, 0.1) is 10.1 Å². The van der Waals surface area contributed by atoms with E-state index in [9.17, 15) is 19.7 Å². The third-order valence-corrected chi connectivity index (χ3v) is 4.63. The van der Waals surface area contributed by atoms with Gasteiger partial charge in [-0.1, -0.05) is 12.1 Å². The molecule has 0 saturated heterocycles. The maximum Gasteiger partial charge on any atom is 0.354 e. The van der Waals surface area contributed by atoms with Crippen molar-refractivity contribution >= 4 is 40.6 Å². The lowest BCUT2D eigenvalue weighted by Crippen LogP contribution is -2.18. The van der Waals surface area contributed by atoms with Gasteiger partial charge in [-0.2, -0.15) is 0 Å². The van der Waals surface area contributed by atoms with Gasteiger partial charge < -0.3 is 19.7 Å². The number of aromatic nitrogens is 2. The molecule has 0 aliphatic carbocycles. The van der Waals surface area contributed by atoms with E-state index in [1.807, 2.05) is 0 Å². The first kappa shape index (κ1) is 23.1. The van der Waals surface area contributed by atoms with Crippen LogP contribution < -0.4 is 10.2 Å². The SMILES string of the molecule is CCOC(=O)c1ccc(Nc2ncnc(N(C)c3ccccc3C(=O)OC)c2[N+](=O)[O-])cc1. The fourth-order valence-electron chi connectivity index (χ4n) is 3.08. The van der Waals surface area contributed by atoms with Crippen LogP contribution in [0.3, 0.4) is 0 Å². The summed E-state index contributed by atoms with van der Waals surface area (Å²) in [5, 5.41) is 14.8. The molecule has 0 atom stereocenters. The number of anilines is 4. The van der Waals surface area contributed by atoms with Crippen molar-refractivity contribution in [3.05, 3.63) is 76.1 Å². The first-order valence-electron chi connectivity index (χ1n) is 9.82. The summed E-state index contributed by atoms with van der Waals surface area (Å²) in [6.07, 6.45) is 1.18. The minimum atomic E-state index is -0.609. The van der Waals surface area contributed by atoms with Crippen molar-refractivity contribution in [2.75, 3.05) is 31.0 Å². The minimum absolute atomic E-state index is 0.0306. The van der Waals surface area contributed by atoms with Gasteiger partial charge in [0, 0.05) is 12.7 Å². The Bertz CT molecular complexity index is 1180. The number of hydrogen-bond donors (Lipinski definition) is 1. The van der Waals surface area contributed by atoms with Gasteiger partial charge in [-0.3, -0.25) is 10.1 Å². The zero-order valence-corrected chi connectivity index (χ0v) is 18.1.